The molecule has 2 aromatic carbocycles. The van der Waals surface area contributed by atoms with Crippen molar-refractivity contribution in [1.29, 1.82) is 0 Å². The molecule has 0 radical (unpaired) electrons. The Bertz CT molecular complexity index is 1020. The second kappa shape index (κ2) is 6.90. The first-order chi connectivity index (χ1) is 12.2. The van der Waals surface area contributed by atoms with Gasteiger partial charge in [0, 0.05) is 18.8 Å². The van der Waals surface area contributed by atoms with E-state index in [9.17, 15) is 16.8 Å². The highest BCUT2D eigenvalue weighted by Crippen LogP contribution is 2.28. The van der Waals surface area contributed by atoms with Crippen LogP contribution < -0.4 is 9.46 Å². The van der Waals surface area contributed by atoms with Crippen molar-refractivity contribution in [2.24, 2.45) is 0 Å². The molecule has 9 heteroatoms. The van der Waals surface area contributed by atoms with Crippen LogP contribution in [-0.2, 0) is 33.0 Å². The second-order valence-electron chi connectivity index (χ2n) is 6.12. The summed E-state index contributed by atoms with van der Waals surface area (Å²) in [6.07, 6.45) is 1.65. The summed E-state index contributed by atoms with van der Waals surface area (Å²) in [5.74, 6) is 0.587. The molecule has 7 nitrogen and oxygen atoms in total. The molecule has 0 saturated heterocycles. The summed E-state index contributed by atoms with van der Waals surface area (Å²) >= 11 is 0. The van der Waals surface area contributed by atoms with Crippen LogP contribution in [0, 0.1) is 0 Å². The van der Waals surface area contributed by atoms with E-state index in [0.717, 1.165) is 17.4 Å². The summed E-state index contributed by atoms with van der Waals surface area (Å²) < 4.78 is 57.5. The predicted octanol–water partition coefficient (Wildman–Crippen LogP) is 1.81. The summed E-state index contributed by atoms with van der Waals surface area (Å²) in [7, 11) is -5.51. The molecule has 0 unspecified atom stereocenters. The summed E-state index contributed by atoms with van der Waals surface area (Å²) in [4.78, 5) is 0.201. The fourth-order valence-electron chi connectivity index (χ4n) is 2.91. The molecule has 0 amide bonds. The average molecular weight is 396 g/mol. The number of fused-ring (bicyclic) bond motifs is 1. The fraction of sp³-hybridized carbons (Fsp3) is 0.294. The second-order valence-corrected chi connectivity index (χ2v) is 9.81. The number of hydrogen-bond donors (Lipinski definition) is 1. The van der Waals surface area contributed by atoms with Gasteiger partial charge < -0.3 is 4.74 Å². The quantitative estimate of drug-likeness (QED) is 0.832. The molecule has 0 spiro atoms. The minimum Gasteiger partial charge on any atom is -0.497 e. The first-order valence-electron chi connectivity index (χ1n) is 7.93. The van der Waals surface area contributed by atoms with Crippen molar-refractivity contribution >= 4 is 25.7 Å². The van der Waals surface area contributed by atoms with Crippen molar-refractivity contribution in [2.75, 3.05) is 24.6 Å². The number of benzene rings is 2. The molecule has 1 N–H and O–H groups in total. The van der Waals surface area contributed by atoms with Crippen LogP contribution in [0.25, 0.3) is 0 Å². The average Bonchev–Trinajstić information content (AvgIpc) is 2.59. The van der Waals surface area contributed by atoms with E-state index < -0.39 is 20.0 Å². The van der Waals surface area contributed by atoms with Crippen molar-refractivity contribution in [1.82, 2.24) is 4.31 Å². The van der Waals surface area contributed by atoms with E-state index in [1.807, 2.05) is 6.07 Å². The number of hydrogen-bond acceptors (Lipinski definition) is 5. The molecule has 0 aliphatic carbocycles. The highest BCUT2D eigenvalue weighted by molar-refractivity contribution is 7.92. The van der Waals surface area contributed by atoms with Crippen LogP contribution in [0.15, 0.2) is 47.4 Å². The maximum atomic E-state index is 12.9. The van der Waals surface area contributed by atoms with Crippen molar-refractivity contribution < 1.29 is 21.6 Å². The third-order valence-corrected chi connectivity index (χ3v) is 6.65. The molecule has 2 aromatic rings. The van der Waals surface area contributed by atoms with E-state index in [1.165, 1.54) is 23.5 Å². The lowest BCUT2D eigenvalue weighted by Gasteiger charge is -2.28. The summed E-state index contributed by atoms with van der Waals surface area (Å²) in [6, 6.07) is 11.5. The molecule has 0 bridgehead atoms. The first-order valence-corrected chi connectivity index (χ1v) is 11.3. The molecular formula is C17H20N2O5S2. The van der Waals surface area contributed by atoms with Crippen molar-refractivity contribution in [3.05, 3.63) is 53.6 Å². The number of sulfonamides is 2. The topological polar surface area (TPSA) is 92.8 Å². The maximum Gasteiger partial charge on any atom is 0.243 e. The van der Waals surface area contributed by atoms with Crippen molar-refractivity contribution in [3.63, 3.8) is 0 Å². The maximum absolute atomic E-state index is 12.9. The van der Waals surface area contributed by atoms with Crippen LogP contribution in [-0.4, -0.2) is 41.1 Å². The minimum absolute atomic E-state index is 0.197. The smallest absolute Gasteiger partial charge is 0.243 e. The lowest BCUT2D eigenvalue weighted by Crippen LogP contribution is -2.36. The Labute approximate surface area is 153 Å². The Balaban J connectivity index is 1.87. The lowest BCUT2D eigenvalue weighted by molar-refractivity contribution is 0.391. The van der Waals surface area contributed by atoms with Gasteiger partial charge in [-0.3, -0.25) is 4.72 Å². The number of rotatable bonds is 5. The Morgan fingerprint density at radius 2 is 1.69 bits per heavy atom. The number of methoxy groups -OCH3 is 1. The van der Waals surface area contributed by atoms with E-state index in [1.54, 1.807) is 24.3 Å². The van der Waals surface area contributed by atoms with E-state index >= 15 is 0 Å². The van der Waals surface area contributed by atoms with Crippen LogP contribution in [0.3, 0.4) is 0 Å². The van der Waals surface area contributed by atoms with Gasteiger partial charge in [0.15, 0.2) is 0 Å². The zero-order valence-electron chi connectivity index (χ0n) is 14.5. The van der Waals surface area contributed by atoms with Gasteiger partial charge in [0.05, 0.1) is 18.3 Å². The van der Waals surface area contributed by atoms with E-state index in [0.29, 0.717) is 24.4 Å². The Morgan fingerprint density at radius 1 is 1.00 bits per heavy atom. The van der Waals surface area contributed by atoms with Crippen molar-refractivity contribution in [2.45, 2.75) is 17.9 Å². The van der Waals surface area contributed by atoms with Gasteiger partial charge in [0.1, 0.15) is 5.75 Å². The molecule has 140 valence electrons. The highest BCUT2D eigenvalue weighted by Gasteiger charge is 2.28. The van der Waals surface area contributed by atoms with E-state index in [-0.39, 0.29) is 11.4 Å². The summed E-state index contributed by atoms with van der Waals surface area (Å²) in [6.45, 7) is 0.573. The molecular weight excluding hydrogens is 376 g/mol. The number of nitrogens with zero attached hydrogens (tertiary/aromatic N) is 1. The molecule has 26 heavy (non-hydrogen) atoms. The number of anilines is 1. The molecule has 3 rings (SSSR count). The normalized spacial score (nSPS) is 15.3. The molecule has 1 heterocycles. The highest BCUT2D eigenvalue weighted by atomic mass is 32.2. The SMILES string of the molecule is COc1ccc(S(=O)(=O)N2CCc3ccc(NS(C)(=O)=O)cc3C2)cc1. The molecule has 0 aromatic heterocycles. The first kappa shape index (κ1) is 18.7. The van der Waals surface area contributed by atoms with Gasteiger partial charge in [-0.05, 0) is 53.9 Å². The van der Waals surface area contributed by atoms with Crippen LogP contribution in [0.4, 0.5) is 5.69 Å². The molecule has 0 atom stereocenters. The largest absolute Gasteiger partial charge is 0.497 e. The van der Waals surface area contributed by atoms with E-state index in [4.69, 9.17) is 4.74 Å². The predicted molar refractivity (Wildman–Crippen MR) is 99.2 cm³/mol. The number of ether oxygens (including phenoxy) is 1. The summed E-state index contributed by atoms with van der Waals surface area (Å²) in [5, 5.41) is 0. The van der Waals surface area contributed by atoms with Gasteiger partial charge in [-0.25, -0.2) is 16.8 Å². The molecule has 0 fully saturated rings. The van der Waals surface area contributed by atoms with E-state index in [2.05, 4.69) is 4.72 Å². The van der Waals surface area contributed by atoms with Gasteiger partial charge >= 0.3 is 0 Å². The summed E-state index contributed by atoms with van der Waals surface area (Å²) in [5.41, 5.74) is 2.24. The van der Waals surface area contributed by atoms with Gasteiger partial charge in [-0.2, -0.15) is 4.31 Å². The zero-order chi connectivity index (χ0) is 18.9. The van der Waals surface area contributed by atoms with Gasteiger partial charge in [0.2, 0.25) is 20.0 Å². The molecule has 1 aliphatic rings. The Morgan fingerprint density at radius 3 is 2.31 bits per heavy atom. The van der Waals surface area contributed by atoms with Crippen LogP contribution in [0.2, 0.25) is 0 Å². The minimum atomic E-state index is -3.64. The van der Waals surface area contributed by atoms with Gasteiger partial charge in [0.25, 0.3) is 0 Å². The zero-order valence-corrected chi connectivity index (χ0v) is 16.1. The Kier molecular flexibility index (Phi) is 4.96. The fourth-order valence-corrected chi connectivity index (χ4v) is 4.88. The molecule has 0 saturated carbocycles. The van der Waals surface area contributed by atoms with Gasteiger partial charge in [-0.1, -0.05) is 6.07 Å². The molecule has 1 aliphatic heterocycles. The third kappa shape index (κ3) is 4.00. The monoisotopic (exact) mass is 396 g/mol. The lowest BCUT2D eigenvalue weighted by atomic mass is 10.0. The standard InChI is InChI=1S/C17H20N2O5S2/c1-24-16-5-7-17(8-6-16)26(22,23)19-10-9-13-3-4-15(11-14(13)12-19)18-25(2,20)21/h3-8,11,18H,9-10,12H2,1-2H3. The third-order valence-electron chi connectivity index (χ3n) is 4.18. The number of nitrogens with one attached hydrogen (secondary N) is 1. The van der Waals surface area contributed by atoms with Crippen molar-refractivity contribution in [3.8, 4) is 5.75 Å². The van der Waals surface area contributed by atoms with Crippen LogP contribution >= 0.6 is 0 Å². The Hall–Kier alpha value is -2.10. The van der Waals surface area contributed by atoms with Gasteiger partial charge in [-0.15, -0.1) is 0 Å². The van der Waals surface area contributed by atoms with Crippen LogP contribution in [0.5, 0.6) is 5.75 Å². The van der Waals surface area contributed by atoms with Crippen LogP contribution in [0.1, 0.15) is 11.1 Å².